The number of halogens is 1. The van der Waals surface area contributed by atoms with Crippen LogP contribution < -0.4 is 10.6 Å². The number of rotatable bonds is 5. The number of nitrogens with one attached hydrogen (secondary N) is 2. The second-order valence-corrected chi connectivity index (χ2v) is 6.13. The molecule has 3 aromatic rings. The van der Waals surface area contributed by atoms with Crippen LogP contribution in [0, 0.1) is 0 Å². The maximum atomic E-state index is 12.4. The first-order valence-electron chi connectivity index (χ1n) is 7.60. The highest BCUT2D eigenvalue weighted by Gasteiger charge is 2.12. The van der Waals surface area contributed by atoms with E-state index in [1.165, 1.54) is 0 Å². The minimum absolute atomic E-state index is 0.271. The number of carbonyl (C=O) groups excluding carboxylic acids is 2. The van der Waals surface area contributed by atoms with Crippen molar-refractivity contribution in [2.75, 3.05) is 5.32 Å². The lowest BCUT2D eigenvalue weighted by Gasteiger charge is -2.09. The molecular formula is C19H15BrN2O3. The molecule has 0 bridgehead atoms. The summed E-state index contributed by atoms with van der Waals surface area (Å²) in [5.41, 5.74) is 1.48. The Morgan fingerprint density at radius 1 is 0.920 bits per heavy atom. The molecule has 0 radical (unpaired) electrons. The van der Waals surface area contributed by atoms with Crippen molar-refractivity contribution >= 4 is 33.4 Å². The Morgan fingerprint density at radius 3 is 2.40 bits per heavy atom. The fourth-order valence-electron chi connectivity index (χ4n) is 2.24. The molecule has 0 aliphatic heterocycles. The van der Waals surface area contributed by atoms with Crippen LogP contribution >= 0.6 is 15.9 Å². The molecule has 1 aromatic heterocycles. The lowest BCUT2D eigenvalue weighted by Crippen LogP contribution is -2.23. The van der Waals surface area contributed by atoms with Crippen molar-refractivity contribution in [2.45, 2.75) is 6.54 Å². The van der Waals surface area contributed by atoms with Crippen LogP contribution in [0.5, 0.6) is 0 Å². The van der Waals surface area contributed by atoms with Gasteiger partial charge >= 0.3 is 0 Å². The van der Waals surface area contributed by atoms with Gasteiger partial charge in [0.05, 0.1) is 18.5 Å². The minimum atomic E-state index is -0.285. The van der Waals surface area contributed by atoms with E-state index in [0.29, 0.717) is 29.1 Å². The Labute approximate surface area is 153 Å². The smallest absolute Gasteiger partial charge is 0.255 e. The number of anilines is 1. The van der Waals surface area contributed by atoms with Gasteiger partial charge in [-0.3, -0.25) is 9.59 Å². The maximum absolute atomic E-state index is 12.4. The number of para-hydroxylation sites is 1. The van der Waals surface area contributed by atoms with E-state index < -0.39 is 0 Å². The Hall–Kier alpha value is -2.86. The fraction of sp³-hybridized carbons (Fsp3) is 0.0526. The molecule has 0 fully saturated rings. The van der Waals surface area contributed by atoms with Crippen LogP contribution in [0.3, 0.4) is 0 Å². The highest BCUT2D eigenvalue weighted by atomic mass is 79.9. The molecule has 0 aliphatic rings. The third-order valence-corrected chi connectivity index (χ3v) is 4.20. The predicted molar refractivity (Wildman–Crippen MR) is 98.4 cm³/mol. The van der Waals surface area contributed by atoms with Crippen LogP contribution in [0.1, 0.15) is 26.5 Å². The first-order valence-corrected chi connectivity index (χ1v) is 8.39. The molecule has 2 N–H and O–H groups in total. The van der Waals surface area contributed by atoms with Crippen molar-refractivity contribution in [1.29, 1.82) is 0 Å². The second kappa shape index (κ2) is 7.81. The van der Waals surface area contributed by atoms with Gasteiger partial charge in [-0.15, -0.1) is 0 Å². The van der Waals surface area contributed by atoms with E-state index in [4.69, 9.17) is 4.42 Å². The zero-order valence-electron chi connectivity index (χ0n) is 13.2. The van der Waals surface area contributed by atoms with E-state index in [-0.39, 0.29) is 11.8 Å². The zero-order valence-corrected chi connectivity index (χ0v) is 14.7. The second-order valence-electron chi connectivity index (χ2n) is 5.28. The normalized spacial score (nSPS) is 10.3. The van der Waals surface area contributed by atoms with Crippen molar-refractivity contribution in [3.63, 3.8) is 0 Å². The first kappa shape index (κ1) is 17.0. The molecule has 0 aliphatic carbocycles. The van der Waals surface area contributed by atoms with Gasteiger partial charge in [-0.05, 0) is 58.4 Å². The van der Waals surface area contributed by atoms with E-state index in [0.717, 1.165) is 4.47 Å². The molecule has 3 rings (SSSR count). The number of hydrogen-bond acceptors (Lipinski definition) is 3. The van der Waals surface area contributed by atoms with Crippen molar-refractivity contribution in [2.24, 2.45) is 0 Å². The summed E-state index contributed by atoms with van der Waals surface area (Å²) < 4.78 is 5.96. The largest absolute Gasteiger partial charge is 0.467 e. The summed E-state index contributed by atoms with van der Waals surface area (Å²) in [4.78, 5) is 24.6. The monoisotopic (exact) mass is 398 g/mol. The molecule has 0 atom stereocenters. The molecule has 25 heavy (non-hydrogen) atoms. The maximum Gasteiger partial charge on any atom is 0.255 e. The molecule has 5 nitrogen and oxygen atoms in total. The van der Waals surface area contributed by atoms with Gasteiger partial charge in [0.15, 0.2) is 0 Å². The molecule has 0 saturated carbocycles. The topological polar surface area (TPSA) is 71.3 Å². The quantitative estimate of drug-likeness (QED) is 0.675. The molecular weight excluding hydrogens is 384 g/mol. The highest BCUT2D eigenvalue weighted by Crippen LogP contribution is 2.22. The standard InChI is InChI=1S/C19H15BrN2O3/c20-16-8-1-2-9-17(16)22-19(24)14-6-3-5-13(11-14)18(23)21-12-15-7-4-10-25-15/h1-11H,12H2,(H,21,23)(H,22,24). The van der Waals surface area contributed by atoms with E-state index in [9.17, 15) is 9.59 Å². The SMILES string of the molecule is O=C(NCc1ccco1)c1cccc(C(=O)Nc2ccccc2Br)c1. The van der Waals surface area contributed by atoms with Crippen molar-refractivity contribution < 1.29 is 14.0 Å². The van der Waals surface area contributed by atoms with Gasteiger partial charge in [0, 0.05) is 15.6 Å². The number of hydrogen-bond donors (Lipinski definition) is 2. The van der Waals surface area contributed by atoms with Crippen molar-refractivity contribution in [1.82, 2.24) is 5.32 Å². The van der Waals surface area contributed by atoms with Crippen LogP contribution in [0.15, 0.2) is 75.8 Å². The van der Waals surface area contributed by atoms with E-state index in [2.05, 4.69) is 26.6 Å². The van der Waals surface area contributed by atoms with Crippen molar-refractivity contribution in [3.8, 4) is 0 Å². The summed E-state index contributed by atoms with van der Waals surface area (Å²) in [7, 11) is 0. The summed E-state index contributed by atoms with van der Waals surface area (Å²) in [5, 5.41) is 5.57. The van der Waals surface area contributed by atoms with Gasteiger partial charge in [0.1, 0.15) is 5.76 Å². The van der Waals surface area contributed by atoms with Gasteiger partial charge in [0.25, 0.3) is 11.8 Å². The van der Waals surface area contributed by atoms with Crippen molar-refractivity contribution in [3.05, 3.63) is 88.3 Å². The molecule has 1 heterocycles. The van der Waals surface area contributed by atoms with Gasteiger partial charge in [0.2, 0.25) is 0 Å². The van der Waals surface area contributed by atoms with Crippen LogP contribution in [-0.2, 0) is 6.54 Å². The Kier molecular flexibility index (Phi) is 5.30. The third kappa shape index (κ3) is 4.36. The van der Waals surface area contributed by atoms with Crippen LogP contribution in [0.25, 0.3) is 0 Å². The molecule has 2 amide bonds. The number of benzene rings is 2. The number of amides is 2. The zero-order chi connectivity index (χ0) is 17.6. The van der Waals surface area contributed by atoms with E-state index in [1.807, 2.05) is 18.2 Å². The highest BCUT2D eigenvalue weighted by molar-refractivity contribution is 9.10. The average molecular weight is 399 g/mol. The fourth-order valence-corrected chi connectivity index (χ4v) is 2.63. The molecule has 0 spiro atoms. The summed E-state index contributed by atoms with van der Waals surface area (Å²) in [6.45, 7) is 0.291. The number of carbonyl (C=O) groups is 2. The lowest BCUT2D eigenvalue weighted by molar-refractivity contribution is 0.0948. The third-order valence-electron chi connectivity index (χ3n) is 3.51. The van der Waals surface area contributed by atoms with Gasteiger partial charge in [-0.2, -0.15) is 0 Å². The van der Waals surface area contributed by atoms with Gasteiger partial charge in [-0.1, -0.05) is 18.2 Å². The Balaban J connectivity index is 1.69. The first-order chi connectivity index (χ1) is 12.1. The Bertz CT molecular complexity index is 891. The van der Waals surface area contributed by atoms with Gasteiger partial charge in [-0.25, -0.2) is 0 Å². The number of furan rings is 1. The molecule has 126 valence electrons. The average Bonchev–Trinajstić information content (AvgIpc) is 3.15. The summed E-state index contributed by atoms with van der Waals surface area (Å²) >= 11 is 3.39. The summed E-state index contributed by atoms with van der Waals surface area (Å²) in [5.74, 6) is 0.107. The van der Waals surface area contributed by atoms with Crippen LogP contribution in [0.4, 0.5) is 5.69 Å². The van der Waals surface area contributed by atoms with E-state index in [1.54, 1.807) is 48.7 Å². The van der Waals surface area contributed by atoms with Crippen LogP contribution in [0.2, 0.25) is 0 Å². The molecule has 2 aromatic carbocycles. The predicted octanol–water partition coefficient (Wildman–Crippen LogP) is 4.22. The van der Waals surface area contributed by atoms with E-state index >= 15 is 0 Å². The molecule has 0 unspecified atom stereocenters. The Morgan fingerprint density at radius 2 is 1.68 bits per heavy atom. The molecule has 6 heteroatoms. The summed E-state index contributed by atoms with van der Waals surface area (Å²) in [6.07, 6.45) is 1.55. The van der Waals surface area contributed by atoms with Crippen LogP contribution in [-0.4, -0.2) is 11.8 Å². The lowest BCUT2D eigenvalue weighted by atomic mass is 10.1. The molecule has 0 saturated heterocycles. The minimum Gasteiger partial charge on any atom is -0.467 e. The summed E-state index contributed by atoms with van der Waals surface area (Å²) in [6, 6.07) is 17.4. The van der Waals surface area contributed by atoms with Gasteiger partial charge < -0.3 is 15.1 Å².